The van der Waals surface area contributed by atoms with E-state index in [0.29, 0.717) is 11.4 Å². The Hall–Kier alpha value is -2.49. The zero-order valence-corrected chi connectivity index (χ0v) is 19.0. The number of thioether (sulfide) groups is 2. The van der Waals surface area contributed by atoms with Crippen LogP contribution in [-0.4, -0.2) is 35.9 Å². The van der Waals surface area contributed by atoms with Crippen molar-refractivity contribution in [2.24, 2.45) is 0 Å². The van der Waals surface area contributed by atoms with Gasteiger partial charge >= 0.3 is 0 Å². The lowest BCUT2D eigenvalue weighted by Crippen LogP contribution is -2.15. The van der Waals surface area contributed by atoms with Gasteiger partial charge in [0, 0.05) is 16.0 Å². The molecule has 0 unspecified atom stereocenters. The van der Waals surface area contributed by atoms with Gasteiger partial charge in [-0.1, -0.05) is 23.9 Å². The summed E-state index contributed by atoms with van der Waals surface area (Å²) in [4.78, 5) is 29.9. The predicted molar refractivity (Wildman–Crippen MR) is 125 cm³/mol. The third-order valence-electron chi connectivity index (χ3n) is 3.95. The van der Waals surface area contributed by atoms with Crippen LogP contribution >= 0.6 is 34.9 Å². The van der Waals surface area contributed by atoms with Gasteiger partial charge in [0.1, 0.15) is 5.75 Å². The first-order valence-corrected chi connectivity index (χ1v) is 12.1. The number of para-hydroxylation sites is 1. The van der Waals surface area contributed by atoms with Crippen LogP contribution in [0.1, 0.15) is 5.69 Å². The van der Waals surface area contributed by atoms with Crippen LogP contribution < -0.4 is 15.4 Å². The Bertz CT molecular complexity index is 1010. The van der Waals surface area contributed by atoms with Crippen molar-refractivity contribution in [3.8, 4) is 5.75 Å². The van der Waals surface area contributed by atoms with Crippen LogP contribution in [0.5, 0.6) is 5.75 Å². The molecule has 6 nitrogen and oxygen atoms in total. The van der Waals surface area contributed by atoms with Crippen LogP contribution in [0.3, 0.4) is 0 Å². The number of benzene rings is 2. The van der Waals surface area contributed by atoms with Crippen molar-refractivity contribution >= 4 is 58.0 Å². The molecule has 0 spiro atoms. The van der Waals surface area contributed by atoms with E-state index < -0.39 is 0 Å². The fourth-order valence-electron chi connectivity index (χ4n) is 2.54. The predicted octanol–water partition coefficient (Wildman–Crippen LogP) is 4.79. The number of nitrogens with one attached hydrogen (secondary N) is 2. The van der Waals surface area contributed by atoms with Crippen molar-refractivity contribution in [1.82, 2.24) is 4.98 Å². The van der Waals surface area contributed by atoms with Crippen LogP contribution in [-0.2, 0) is 16.0 Å². The first-order valence-electron chi connectivity index (χ1n) is 9.01. The molecule has 1 heterocycles. The largest absolute Gasteiger partial charge is 0.497 e. The van der Waals surface area contributed by atoms with Crippen LogP contribution in [0.2, 0.25) is 0 Å². The summed E-state index contributed by atoms with van der Waals surface area (Å²) < 4.78 is 5.86. The molecule has 3 aromatic rings. The van der Waals surface area contributed by atoms with Gasteiger partial charge in [0.25, 0.3) is 0 Å². The second kappa shape index (κ2) is 11.1. The fourth-order valence-corrected chi connectivity index (χ4v) is 4.74. The highest BCUT2D eigenvalue weighted by Gasteiger charge is 2.11. The molecule has 0 saturated carbocycles. The minimum atomic E-state index is -0.117. The average molecular weight is 460 g/mol. The van der Waals surface area contributed by atoms with Crippen molar-refractivity contribution in [2.45, 2.75) is 15.7 Å². The molecule has 1 aromatic heterocycles. The molecule has 0 atom stereocenters. The van der Waals surface area contributed by atoms with Crippen molar-refractivity contribution in [3.05, 3.63) is 59.6 Å². The van der Waals surface area contributed by atoms with Gasteiger partial charge in [0.15, 0.2) is 4.34 Å². The number of carbonyl (C=O) groups is 2. The van der Waals surface area contributed by atoms with E-state index in [9.17, 15) is 9.59 Å². The maximum Gasteiger partial charge on any atom is 0.234 e. The van der Waals surface area contributed by atoms with Gasteiger partial charge in [0.05, 0.1) is 30.7 Å². The number of aromatic nitrogens is 1. The van der Waals surface area contributed by atoms with E-state index in [2.05, 4.69) is 15.6 Å². The highest BCUT2D eigenvalue weighted by Crippen LogP contribution is 2.26. The standard InChI is InChI=1S/C21H21N3O3S3/c1-27-16-9-7-14(8-10-16)22-20(26)13-30-21-23-15(12-29-21)11-19(25)24-17-5-3-4-6-18(17)28-2/h3-10,12H,11,13H2,1-2H3,(H,22,26)(H,24,25). The summed E-state index contributed by atoms with van der Waals surface area (Å²) in [6.45, 7) is 0. The molecule has 156 valence electrons. The lowest BCUT2D eigenvalue weighted by atomic mass is 10.3. The normalized spacial score (nSPS) is 10.5. The van der Waals surface area contributed by atoms with Gasteiger partial charge in [-0.2, -0.15) is 0 Å². The highest BCUT2D eigenvalue weighted by atomic mass is 32.2. The zero-order valence-electron chi connectivity index (χ0n) is 16.5. The molecule has 0 fully saturated rings. The minimum Gasteiger partial charge on any atom is -0.497 e. The monoisotopic (exact) mass is 459 g/mol. The average Bonchev–Trinajstić information content (AvgIpc) is 3.20. The SMILES string of the molecule is COc1ccc(NC(=O)CSc2nc(CC(=O)Nc3ccccc3SC)cs2)cc1. The lowest BCUT2D eigenvalue weighted by molar-refractivity contribution is -0.116. The Kier molecular flexibility index (Phi) is 8.18. The quantitative estimate of drug-likeness (QED) is 0.448. The molecular weight excluding hydrogens is 438 g/mol. The molecule has 0 saturated heterocycles. The molecule has 3 rings (SSSR count). The number of nitrogens with zero attached hydrogens (tertiary/aromatic N) is 1. The maximum atomic E-state index is 12.3. The Morgan fingerprint density at radius 2 is 1.83 bits per heavy atom. The molecule has 0 bridgehead atoms. The van der Waals surface area contributed by atoms with Crippen molar-refractivity contribution in [2.75, 3.05) is 29.8 Å². The molecule has 30 heavy (non-hydrogen) atoms. The number of rotatable bonds is 9. The molecule has 0 aliphatic rings. The Morgan fingerprint density at radius 3 is 2.57 bits per heavy atom. The molecule has 0 aliphatic heterocycles. The van der Waals surface area contributed by atoms with Crippen LogP contribution in [0.15, 0.2) is 63.1 Å². The molecule has 0 radical (unpaired) electrons. The maximum absolute atomic E-state index is 12.3. The number of amides is 2. The Morgan fingerprint density at radius 1 is 1.07 bits per heavy atom. The van der Waals surface area contributed by atoms with Crippen molar-refractivity contribution < 1.29 is 14.3 Å². The molecule has 2 N–H and O–H groups in total. The first-order chi connectivity index (χ1) is 14.6. The van der Waals surface area contributed by atoms with Crippen molar-refractivity contribution in [3.63, 3.8) is 0 Å². The summed E-state index contributed by atoms with van der Waals surface area (Å²) in [6.07, 6.45) is 2.16. The fraction of sp³-hybridized carbons (Fsp3) is 0.190. The van der Waals surface area contributed by atoms with Gasteiger partial charge in [-0.15, -0.1) is 23.1 Å². The number of hydrogen-bond acceptors (Lipinski definition) is 7. The van der Waals surface area contributed by atoms with E-state index in [1.54, 1.807) is 43.1 Å². The van der Waals surface area contributed by atoms with Gasteiger partial charge in [-0.25, -0.2) is 4.98 Å². The van der Waals surface area contributed by atoms with Crippen LogP contribution in [0.25, 0.3) is 0 Å². The summed E-state index contributed by atoms with van der Waals surface area (Å²) in [5, 5.41) is 7.62. The Balaban J connectivity index is 1.47. The summed E-state index contributed by atoms with van der Waals surface area (Å²) >= 11 is 4.36. The number of anilines is 2. The molecule has 0 aliphatic carbocycles. The Labute approximate surface area is 187 Å². The number of methoxy groups -OCH3 is 1. The van der Waals surface area contributed by atoms with Gasteiger partial charge < -0.3 is 15.4 Å². The summed E-state index contributed by atoms with van der Waals surface area (Å²) in [5.74, 6) is 0.745. The van der Waals surface area contributed by atoms with E-state index in [1.807, 2.05) is 35.9 Å². The second-order valence-electron chi connectivity index (χ2n) is 6.10. The van der Waals surface area contributed by atoms with Crippen LogP contribution in [0, 0.1) is 0 Å². The van der Waals surface area contributed by atoms with Gasteiger partial charge in [0.2, 0.25) is 11.8 Å². The van der Waals surface area contributed by atoms with E-state index in [4.69, 9.17) is 4.74 Å². The van der Waals surface area contributed by atoms with E-state index >= 15 is 0 Å². The van der Waals surface area contributed by atoms with Crippen LogP contribution in [0.4, 0.5) is 11.4 Å². The highest BCUT2D eigenvalue weighted by molar-refractivity contribution is 8.01. The van der Waals surface area contributed by atoms with E-state index in [-0.39, 0.29) is 24.0 Å². The third kappa shape index (κ3) is 6.51. The zero-order chi connectivity index (χ0) is 21.3. The number of ether oxygens (including phenoxy) is 1. The third-order valence-corrected chi connectivity index (χ3v) is 6.82. The summed E-state index contributed by atoms with van der Waals surface area (Å²) in [6, 6.07) is 14.8. The minimum absolute atomic E-state index is 0.115. The molecule has 2 aromatic carbocycles. The van der Waals surface area contributed by atoms with E-state index in [0.717, 1.165) is 20.7 Å². The van der Waals surface area contributed by atoms with Crippen molar-refractivity contribution in [1.29, 1.82) is 0 Å². The number of carbonyl (C=O) groups excluding carboxylic acids is 2. The molecule has 9 heteroatoms. The molecule has 2 amide bonds. The van der Waals surface area contributed by atoms with Gasteiger partial charge in [-0.05, 0) is 42.7 Å². The number of hydrogen-bond donors (Lipinski definition) is 2. The second-order valence-corrected chi connectivity index (χ2v) is 9.02. The summed E-state index contributed by atoms with van der Waals surface area (Å²) in [5.41, 5.74) is 2.20. The molecular formula is C21H21N3O3S3. The smallest absolute Gasteiger partial charge is 0.234 e. The first kappa shape index (κ1) is 22.2. The lowest BCUT2D eigenvalue weighted by Gasteiger charge is -2.08. The summed E-state index contributed by atoms with van der Waals surface area (Å²) in [7, 11) is 1.60. The van der Waals surface area contributed by atoms with E-state index in [1.165, 1.54) is 23.1 Å². The number of thiazole rings is 1. The topological polar surface area (TPSA) is 80.3 Å². The van der Waals surface area contributed by atoms with Gasteiger partial charge in [-0.3, -0.25) is 9.59 Å².